The largest absolute Gasteiger partial charge is 0.288 e. The topological polar surface area (TPSA) is 20.3 Å². The quantitative estimate of drug-likeness (QED) is 0.608. The van der Waals surface area contributed by atoms with Gasteiger partial charge in [-0.3, -0.25) is 9.69 Å². The fraction of sp³-hybridized carbons (Fsp3) is 0.0833. The highest BCUT2D eigenvalue weighted by Gasteiger charge is 2.11. The van der Waals surface area contributed by atoms with Gasteiger partial charge in [0, 0.05) is 13.1 Å². The first-order valence-corrected chi connectivity index (χ1v) is 4.53. The van der Waals surface area contributed by atoms with Crippen LogP contribution in [-0.2, 0) is 4.79 Å². The van der Waals surface area contributed by atoms with Crippen LogP contribution in [0, 0.1) is 0 Å². The van der Waals surface area contributed by atoms with Crippen LogP contribution in [0.25, 0.3) is 6.08 Å². The van der Waals surface area contributed by atoms with Crippen molar-refractivity contribution >= 4 is 17.7 Å². The van der Waals surface area contributed by atoms with E-state index in [1.807, 2.05) is 42.5 Å². The smallest absolute Gasteiger partial charge is 0.227 e. The first-order valence-electron chi connectivity index (χ1n) is 4.53. The molecule has 0 aromatic heterocycles. The Balaban J connectivity index is 2.55. The van der Waals surface area contributed by atoms with Gasteiger partial charge in [-0.25, -0.2) is 0 Å². The van der Waals surface area contributed by atoms with Crippen molar-refractivity contribution in [2.75, 3.05) is 4.90 Å². The zero-order chi connectivity index (χ0) is 9.97. The molecule has 70 valence electrons. The van der Waals surface area contributed by atoms with Gasteiger partial charge in [-0.2, -0.15) is 0 Å². The summed E-state index contributed by atoms with van der Waals surface area (Å²) in [6.45, 7) is 1.56. The molecule has 0 atom stereocenters. The second-order valence-corrected chi connectivity index (χ2v) is 3.15. The molecule has 1 amide bonds. The van der Waals surface area contributed by atoms with Crippen LogP contribution in [0.15, 0.2) is 42.6 Å². The number of carbonyl (C=O) groups is 1. The molecule has 2 nitrogen and oxygen atoms in total. The second-order valence-electron chi connectivity index (χ2n) is 3.15. The van der Waals surface area contributed by atoms with E-state index >= 15 is 0 Å². The monoisotopic (exact) mass is 185 g/mol. The van der Waals surface area contributed by atoms with Crippen LogP contribution >= 0.6 is 0 Å². The molecule has 1 aromatic rings. The number of hydrogen-bond acceptors (Lipinski definition) is 1. The summed E-state index contributed by atoms with van der Waals surface area (Å²) < 4.78 is 0. The molecule has 0 fully saturated rings. The molecule has 0 spiro atoms. The van der Waals surface area contributed by atoms with Crippen LogP contribution in [-0.4, -0.2) is 5.91 Å². The zero-order valence-electron chi connectivity index (χ0n) is 7.97. The van der Waals surface area contributed by atoms with E-state index < -0.39 is 0 Å². The van der Waals surface area contributed by atoms with Crippen LogP contribution < -0.4 is 4.90 Å². The molecule has 0 saturated carbocycles. The number of nitrogens with zero attached hydrogens (tertiary/aromatic N) is 1. The summed E-state index contributed by atoms with van der Waals surface area (Å²) in [6.07, 6.45) is 7.57. The lowest BCUT2D eigenvalue weighted by atomic mass is 10.1. The minimum atomic E-state index is 0.0254. The molecule has 0 aliphatic carbocycles. The first-order chi connectivity index (χ1) is 6.79. The lowest BCUT2D eigenvalue weighted by Gasteiger charge is -2.17. The van der Waals surface area contributed by atoms with Crippen molar-refractivity contribution in [3.63, 3.8) is 0 Å². The van der Waals surface area contributed by atoms with Gasteiger partial charge in [-0.15, -0.1) is 0 Å². The summed E-state index contributed by atoms with van der Waals surface area (Å²) in [5.74, 6) is 0.0254. The summed E-state index contributed by atoms with van der Waals surface area (Å²) in [4.78, 5) is 13.0. The number of hydrogen-bond donors (Lipinski definition) is 0. The van der Waals surface area contributed by atoms with E-state index in [0.717, 1.165) is 11.3 Å². The third-order valence-electron chi connectivity index (χ3n) is 2.16. The Labute approximate surface area is 83.2 Å². The molecule has 2 heteroatoms. The fourth-order valence-electron chi connectivity index (χ4n) is 1.50. The normalized spacial score (nSPS) is 13.6. The molecule has 1 heterocycles. The van der Waals surface area contributed by atoms with E-state index in [9.17, 15) is 4.79 Å². The number of amides is 1. The molecule has 0 N–H and O–H groups in total. The Kier molecular flexibility index (Phi) is 2.19. The van der Waals surface area contributed by atoms with Gasteiger partial charge in [-0.1, -0.05) is 30.4 Å². The van der Waals surface area contributed by atoms with Crippen LogP contribution in [0.3, 0.4) is 0 Å². The minimum absolute atomic E-state index is 0.0254. The predicted octanol–water partition coefficient (Wildman–Crippen LogP) is 2.58. The van der Waals surface area contributed by atoms with Gasteiger partial charge in [0.15, 0.2) is 0 Å². The Morgan fingerprint density at radius 3 is 2.79 bits per heavy atom. The Morgan fingerprint density at radius 2 is 2.00 bits per heavy atom. The van der Waals surface area contributed by atoms with E-state index in [-0.39, 0.29) is 5.91 Å². The molecule has 1 aliphatic rings. The van der Waals surface area contributed by atoms with E-state index in [1.54, 1.807) is 18.0 Å². The number of benzene rings is 1. The van der Waals surface area contributed by atoms with Crippen molar-refractivity contribution in [2.24, 2.45) is 0 Å². The average Bonchev–Trinajstić information content (AvgIpc) is 2.39. The first kappa shape index (κ1) is 8.75. The average molecular weight is 185 g/mol. The van der Waals surface area contributed by atoms with Gasteiger partial charge in [0.05, 0.1) is 5.69 Å². The molecule has 0 radical (unpaired) electrons. The van der Waals surface area contributed by atoms with Gasteiger partial charge < -0.3 is 0 Å². The highest BCUT2D eigenvalue weighted by Crippen LogP contribution is 2.24. The Bertz CT molecular complexity index is 418. The standard InChI is InChI=1S/C12H11NO/c1-10(14)13-9-5-4-7-11-6-2-3-8-12(11)13/h2-9H,1H3. The molecule has 0 unspecified atom stereocenters. The SMILES string of the molecule is CC(=O)N1C=CC=Cc2ccccc21. The molecule has 0 saturated heterocycles. The van der Waals surface area contributed by atoms with Gasteiger partial charge in [0.2, 0.25) is 5.91 Å². The van der Waals surface area contributed by atoms with Crippen molar-refractivity contribution < 1.29 is 4.79 Å². The lowest BCUT2D eigenvalue weighted by Crippen LogP contribution is -2.22. The van der Waals surface area contributed by atoms with Crippen molar-refractivity contribution in [3.8, 4) is 0 Å². The van der Waals surface area contributed by atoms with Gasteiger partial charge in [0.25, 0.3) is 0 Å². The van der Waals surface area contributed by atoms with E-state index in [1.165, 1.54) is 0 Å². The van der Waals surface area contributed by atoms with Crippen LogP contribution in [0.1, 0.15) is 12.5 Å². The molecule has 2 rings (SSSR count). The van der Waals surface area contributed by atoms with Gasteiger partial charge in [0.1, 0.15) is 0 Å². The summed E-state index contributed by atoms with van der Waals surface area (Å²) in [5, 5.41) is 0. The number of rotatable bonds is 0. The van der Waals surface area contributed by atoms with Crippen molar-refractivity contribution in [2.45, 2.75) is 6.92 Å². The number of allylic oxidation sites excluding steroid dienone is 2. The number of fused-ring (bicyclic) bond motifs is 1. The fourth-order valence-corrected chi connectivity index (χ4v) is 1.50. The third kappa shape index (κ3) is 1.46. The maximum absolute atomic E-state index is 11.4. The van der Waals surface area contributed by atoms with Crippen LogP contribution in [0.4, 0.5) is 5.69 Å². The maximum atomic E-state index is 11.4. The molecule has 0 bridgehead atoms. The Hall–Kier alpha value is -1.83. The van der Waals surface area contributed by atoms with E-state index in [0.29, 0.717) is 0 Å². The molecular formula is C12H11NO. The number of carbonyl (C=O) groups excluding carboxylic acids is 1. The molecular weight excluding hydrogens is 174 g/mol. The lowest BCUT2D eigenvalue weighted by molar-refractivity contribution is -0.116. The van der Waals surface area contributed by atoms with Crippen LogP contribution in [0.2, 0.25) is 0 Å². The van der Waals surface area contributed by atoms with Crippen molar-refractivity contribution in [3.05, 3.63) is 48.2 Å². The molecule has 1 aromatic carbocycles. The van der Waals surface area contributed by atoms with E-state index in [4.69, 9.17) is 0 Å². The highest BCUT2D eigenvalue weighted by molar-refractivity contribution is 5.96. The van der Waals surface area contributed by atoms with Gasteiger partial charge >= 0.3 is 0 Å². The third-order valence-corrected chi connectivity index (χ3v) is 2.16. The number of anilines is 1. The summed E-state index contributed by atoms with van der Waals surface area (Å²) in [7, 11) is 0. The second kappa shape index (κ2) is 3.50. The van der Waals surface area contributed by atoms with Crippen LogP contribution in [0.5, 0.6) is 0 Å². The predicted molar refractivity (Wildman–Crippen MR) is 57.8 cm³/mol. The highest BCUT2D eigenvalue weighted by atomic mass is 16.2. The molecule has 14 heavy (non-hydrogen) atoms. The van der Waals surface area contributed by atoms with E-state index in [2.05, 4.69) is 0 Å². The van der Waals surface area contributed by atoms with Gasteiger partial charge in [-0.05, 0) is 17.7 Å². The summed E-state index contributed by atoms with van der Waals surface area (Å²) in [6, 6.07) is 7.83. The Morgan fingerprint density at radius 1 is 1.21 bits per heavy atom. The number of para-hydroxylation sites is 1. The zero-order valence-corrected chi connectivity index (χ0v) is 7.97. The summed E-state index contributed by atoms with van der Waals surface area (Å²) >= 11 is 0. The molecule has 1 aliphatic heterocycles. The maximum Gasteiger partial charge on any atom is 0.227 e. The van der Waals surface area contributed by atoms with Crippen molar-refractivity contribution in [1.82, 2.24) is 0 Å². The minimum Gasteiger partial charge on any atom is -0.288 e. The van der Waals surface area contributed by atoms with Crippen molar-refractivity contribution in [1.29, 1.82) is 0 Å². The summed E-state index contributed by atoms with van der Waals surface area (Å²) in [5.41, 5.74) is 2.00.